The van der Waals surface area contributed by atoms with E-state index < -0.39 is 4.84 Å². The molecule has 2 rings (SSSR count). The Morgan fingerprint density at radius 1 is 0.947 bits per heavy atom. The third kappa shape index (κ3) is 3.36. The van der Waals surface area contributed by atoms with Crippen LogP contribution in [-0.2, 0) is 0 Å². The highest BCUT2D eigenvalue weighted by Crippen LogP contribution is 2.37. The predicted molar refractivity (Wildman–Crippen MR) is 81.8 cm³/mol. The van der Waals surface area contributed by atoms with Crippen molar-refractivity contribution in [2.45, 2.75) is 10.8 Å². The molecule has 100 valence electrons. The SMILES string of the molecule is COc1ccc(C(c2ccccc2Cl)C(Cl)Cl)cc1. The van der Waals surface area contributed by atoms with Gasteiger partial charge in [-0.25, -0.2) is 0 Å². The van der Waals surface area contributed by atoms with Crippen molar-refractivity contribution in [3.8, 4) is 5.75 Å². The molecule has 0 fully saturated rings. The maximum absolute atomic E-state index is 6.23. The van der Waals surface area contributed by atoms with Gasteiger partial charge in [-0.3, -0.25) is 0 Å². The van der Waals surface area contributed by atoms with Crippen LogP contribution in [0.4, 0.5) is 0 Å². The molecule has 4 heteroatoms. The second-order valence-corrected chi connectivity index (χ2v) is 5.68. The molecular weight excluding hydrogens is 303 g/mol. The van der Waals surface area contributed by atoms with E-state index in [-0.39, 0.29) is 5.92 Å². The van der Waals surface area contributed by atoms with E-state index >= 15 is 0 Å². The molecule has 2 aromatic rings. The molecule has 0 radical (unpaired) electrons. The van der Waals surface area contributed by atoms with Crippen LogP contribution in [-0.4, -0.2) is 11.9 Å². The number of ether oxygens (including phenoxy) is 1. The van der Waals surface area contributed by atoms with Gasteiger partial charge in [0.1, 0.15) is 10.6 Å². The summed E-state index contributed by atoms with van der Waals surface area (Å²) in [5.74, 6) is 0.630. The van der Waals surface area contributed by atoms with Crippen molar-refractivity contribution in [2.75, 3.05) is 7.11 Å². The van der Waals surface area contributed by atoms with Gasteiger partial charge in [0, 0.05) is 10.9 Å². The number of rotatable bonds is 4. The van der Waals surface area contributed by atoms with Gasteiger partial charge in [-0.1, -0.05) is 41.9 Å². The third-order valence-corrected chi connectivity index (χ3v) is 3.82. The van der Waals surface area contributed by atoms with E-state index in [4.69, 9.17) is 39.5 Å². The Kier molecular flexibility index (Phi) is 4.98. The first kappa shape index (κ1) is 14.5. The first-order valence-corrected chi connectivity index (χ1v) is 7.05. The highest BCUT2D eigenvalue weighted by molar-refractivity contribution is 6.45. The number of methoxy groups -OCH3 is 1. The van der Waals surface area contributed by atoms with Crippen molar-refractivity contribution in [3.05, 3.63) is 64.7 Å². The highest BCUT2D eigenvalue weighted by Gasteiger charge is 2.23. The summed E-state index contributed by atoms with van der Waals surface area (Å²) in [4.78, 5) is -0.576. The minimum atomic E-state index is -0.576. The number of halogens is 3. The fourth-order valence-electron chi connectivity index (χ4n) is 2.00. The average Bonchev–Trinajstić information content (AvgIpc) is 2.42. The molecule has 0 saturated heterocycles. The van der Waals surface area contributed by atoms with Gasteiger partial charge in [0.25, 0.3) is 0 Å². The van der Waals surface area contributed by atoms with Crippen molar-refractivity contribution in [1.29, 1.82) is 0 Å². The van der Waals surface area contributed by atoms with Crippen molar-refractivity contribution < 1.29 is 4.74 Å². The van der Waals surface area contributed by atoms with Crippen LogP contribution in [0.2, 0.25) is 5.02 Å². The first-order chi connectivity index (χ1) is 9.13. The zero-order valence-electron chi connectivity index (χ0n) is 10.3. The zero-order valence-corrected chi connectivity index (χ0v) is 12.6. The van der Waals surface area contributed by atoms with Gasteiger partial charge in [-0.05, 0) is 29.3 Å². The summed E-state index contributed by atoms with van der Waals surface area (Å²) in [5.41, 5.74) is 1.92. The molecule has 0 spiro atoms. The monoisotopic (exact) mass is 314 g/mol. The lowest BCUT2D eigenvalue weighted by Crippen LogP contribution is -2.09. The van der Waals surface area contributed by atoms with Crippen molar-refractivity contribution in [3.63, 3.8) is 0 Å². The van der Waals surface area contributed by atoms with Gasteiger partial charge in [0.05, 0.1) is 7.11 Å². The van der Waals surface area contributed by atoms with Crippen molar-refractivity contribution >= 4 is 34.8 Å². The molecule has 1 unspecified atom stereocenters. The van der Waals surface area contributed by atoms with Crippen LogP contribution in [0, 0.1) is 0 Å². The third-order valence-electron chi connectivity index (χ3n) is 2.97. The topological polar surface area (TPSA) is 9.23 Å². The van der Waals surface area contributed by atoms with E-state index in [2.05, 4.69) is 0 Å². The normalized spacial score (nSPS) is 12.5. The smallest absolute Gasteiger partial charge is 0.118 e. The molecule has 0 aliphatic carbocycles. The molecule has 0 N–H and O–H groups in total. The maximum atomic E-state index is 6.23. The summed E-state index contributed by atoms with van der Waals surface area (Å²) >= 11 is 18.5. The molecule has 2 aromatic carbocycles. The van der Waals surface area contributed by atoms with E-state index in [9.17, 15) is 0 Å². The minimum Gasteiger partial charge on any atom is -0.497 e. The van der Waals surface area contributed by atoms with Gasteiger partial charge in [-0.2, -0.15) is 0 Å². The second kappa shape index (κ2) is 6.51. The minimum absolute atomic E-state index is 0.164. The van der Waals surface area contributed by atoms with Crippen LogP contribution >= 0.6 is 34.8 Å². The molecular formula is C15H13Cl3O. The van der Waals surface area contributed by atoms with Crippen LogP contribution < -0.4 is 4.74 Å². The Hall–Kier alpha value is -0.890. The number of alkyl halides is 2. The van der Waals surface area contributed by atoms with E-state index in [0.29, 0.717) is 5.02 Å². The number of hydrogen-bond acceptors (Lipinski definition) is 1. The molecule has 0 saturated carbocycles. The first-order valence-electron chi connectivity index (χ1n) is 5.80. The van der Waals surface area contributed by atoms with Gasteiger partial charge in [0.2, 0.25) is 0 Å². The summed E-state index contributed by atoms with van der Waals surface area (Å²) < 4.78 is 5.15. The van der Waals surface area contributed by atoms with E-state index in [1.165, 1.54) is 0 Å². The van der Waals surface area contributed by atoms with Crippen LogP contribution in [0.3, 0.4) is 0 Å². The molecule has 1 nitrogen and oxygen atoms in total. The Balaban J connectivity index is 2.43. The fraction of sp³-hybridized carbons (Fsp3) is 0.200. The van der Waals surface area contributed by atoms with E-state index in [1.54, 1.807) is 7.11 Å². The van der Waals surface area contributed by atoms with Crippen LogP contribution in [0.25, 0.3) is 0 Å². The lowest BCUT2D eigenvalue weighted by molar-refractivity contribution is 0.414. The predicted octanol–water partition coefficient (Wildman–Crippen LogP) is 5.28. The average molecular weight is 316 g/mol. The Bertz CT molecular complexity index is 537. The van der Waals surface area contributed by atoms with Gasteiger partial charge in [-0.15, -0.1) is 23.2 Å². The van der Waals surface area contributed by atoms with Crippen molar-refractivity contribution in [1.82, 2.24) is 0 Å². The molecule has 0 heterocycles. The summed E-state index contributed by atoms with van der Waals surface area (Å²) in [6, 6.07) is 15.3. The highest BCUT2D eigenvalue weighted by atomic mass is 35.5. The molecule has 0 bridgehead atoms. The van der Waals surface area contributed by atoms with Crippen LogP contribution in [0.15, 0.2) is 48.5 Å². The summed E-state index contributed by atoms with van der Waals surface area (Å²) in [5, 5.41) is 0.662. The number of benzene rings is 2. The lowest BCUT2D eigenvalue weighted by Gasteiger charge is -2.20. The van der Waals surface area contributed by atoms with Crippen LogP contribution in [0.1, 0.15) is 17.0 Å². The fourth-order valence-corrected chi connectivity index (χ4v) is 2.82. The second-order valence-electron chi connectivity index (χ2n) is 4.11. The van der Waals surface area contributed by atoms with E-state index in [1.807, 2.05) is 48.5 Å². The molecule has 0 amide bonds. The Morgan fingerprint density at radius 3 is 2.11 bits per heavy atom. The quantitative estimate of drug-likeness (QED) is 0.697. The summed E-state index contributed by atoms with van der Waals surface area (Å²) in [7, 11) is 1.63. The van der Waals surface area contributed by atoms with Crippen molar-refractivity contribution in [2.24, 2.45) is 0 Å². The van der Waals surface area contributed by atoms with Gasteiger partial charge >= 0.3 is 0 Å². The molecule has 19 heavy (non-hydrogen) atoms. The van der Waals surface area contributed by atoms with Gasteiger partial charge < -0.3 is 4.74 Å². The maximum Gasteiger partial charge on any atom is 0.118 e. The van der Waals surface area contributed by atoms with Gasteiger partial charge in [0.15, 0.2) is 0 Å². The Labute approximate surface area is 128 Å². The molecule has 1 atom stereocenters. The van der Waals surface area contributed by atoms with Crippen LogP contribution in [0.5, 0.6) is 5.75 Å². The largest absolute Gasteiger partial charge is 0.497 e. The molecule has 0 aromatic heterocycles. The molecule has 0 aliphatic heterocycles. The zero-order chi connectivity index (χ0) is 13.8. The lowest BCUT2D eigenvalue weighted by atomic mass is 9.92. The Morgan fingerprint density at radius 2 is 1.58 bits per heavy atom. The van der Waals surface area contributed by atoms with E-state index in [0.717, 1.165) is 16.9 Å². The molecule has 0 aliphatic rings. The number of hydrogen-bond donors (Lipinski definition) is 0. The summed E-state index contributed by atoms with van der Waals surface area (Å²) in [6.45, 7) is 0. The standard InChI is InChI=1S/C15H13Cl3O/c1-19-11-8-6-10(7-9-11)14(15(17)18)12-4-2-3-5-13(12)16/h2-9,14-15H,1H3. The summed E-state index contributed by atoms with van der Waals surface area (Å²) in [6.07, 6.45) is 0.